The maximum atomic E-state index is 15.2. The number of fused-ring (bicyclic) bond motifs is 1. The topological polar surface area (TPSA) is 145 Å². The first-order valence-electron chi connectivity index (χ1n) is 12.2. The molecule has 1 atom stereocenters. The molecule has 2 amide bonds. The van der Waals surface area contributed by atoms with Crippen molar-refractivity contribution in [3.8, 4) is 11.1 Å². The zero-order chi connectivity index (χ0) is 29.8. The van der Waals surface area contributed by atoms with E-state index < -0.39 is 40.9 Å². The maximum Gasteiger partial charge on any atom is 0.256 e. The molecule has 0 radical (unpaired) electrons. The Morgan fingerprint density at radius 3 is 2.49 bits per heavy atom. The molecule has 1 N–H and O–H groups in total. The highest BCUT2D eigenvalue weighted by atomic mass is 32.1. The molecule has 0 spiro atoms. The van der Waals surface area contributed by atoms with E-state index >= 15 is 4.39 Å². The summed E-state index contributed by atoms with van der Waals surface area (Å²) in [5.41, 5.74) is 0.155. The van der Waals surface area contributed by atoms with Crippen LogP contribution in [-0.2, 0) is 25.7 Å². The van der Waals surface area contributed by atoms with Gasteiger partial charge in [-0.3, -0.25) is 19.2 Å². The smallest absolute Gasteiger partial charge is 0.256 e. The van der Waals surface area contributed by atoms with Gasteiger partial charge >= 0.3 is 0 Å². The molecule has 4 aromatic rings. The number of carbonyl (C=O) groups excluding carboxylic acids is 4. The van der Waals surface area contributed by atoms with E-state index in [9.17, 15) is 23.6 Å². The van der Waals surface area contributed by atoms with E-state index in [0.29, 0.717) is 4.70 Å². The molecule has 2 aromatic carbocycles. The van der Waals surface area contributed by atoms with Crippen LogP contribution in [0.5, 0.6) is 0 Å². The number of thiazole rings is 1. The minimum Gasteiger partial charge on any atom is -0.424 e. The monoisotopic (exact) mass is 585 g/mol. The summed E-state index contributed by atoms with van der Waals surface area (Å²) in [5, 5.41) is 9.92. The van der Waals surface area contributed by atoms with Gasteiger partial charge in [0.25, 0.3) is 5.91 Å². The summed E-state index contributed by atoms with van der Waals surface area (Å²) in [6, 6.07) is 6.23. The number of carbonyl (C=O) groups is 4. The molecule has 0 saturated carbocycles. The number of ether oxygens (including phenoxy) is 1. The lowest BCUT2D eigenvalue weighted by molar-refractivity contribution is -0.141. The molecule has 41 heavy (non-hydrogen) atoms. The lowest BCUT2D eigenvalue weighted by Crippen LogP contribution is -2.36. The van der Waals surface area contributed by atoms with Crippen LogP contribution < -0.4 is 5.32 Å². The minimum absolute atomic E-state index is 0.0192. The number of rotatable bonds is 11. The van der Waals surface area contributed by atoms with Gasteiger partial charge in [-0.05, 0) is 23.8 Å². The van der Waals surface area contributed by atoms with Crippen LogP contribution in [0.2, 0.25) is 0 Å². The third kappa shape index (κ3) is 6.49. The predicted molar refractivity (Wildman–Crippen MR) is 143 cm³/mol. The van der Waals surface area contributed by atoms with Gasteiger partial charge in [-0.25, -0.2) is 13.8 Å². The highest BCUT2D eigenvalue weighted by Crippen LogP contribution is 2.34. The van der Waals surface area contributed by atoms with E-state index in [0.717, 1.165) is 23.5 Å². The van der Waals surface area contributed by atoms with Crippen molar-refractivity contribution < 1.29 is 37.1 Å². The van der Waals surface area contributed by atoms with Crippen molar-refractivity contribution in [2.24, 2.45) is 0 Å². The predicted octanol–water partition coefficient (Wildman–Crippen LogP) is 3.21. The Morgan fingerprint density at radius 2 is 1.85 bits per heavy atom. The number of halogens is 2. The van der Waals surface area contributed by atoms with Gasteiger partial charge in [0.15, 0.2) is 5.92 Å². The number of aromatic nitrogens is 3. The van der Waals surface area contributed by atoms with Crippen LogP contribution in [0.25, 0.3) is 21.3 Å². The molecule has 0 saturated heterocycles. The summed E-state index contributed by atoms with van der Waals surface area (Å²) < 4.78 is 40.4. The molecular weight excluding hydrogens is 560 g/mol. The maximum absolute atomic E-state index is 15.2. The van der Waals surface area contributed by atoms with Crippen LogP contribution in [0.1, 0.15) is 39.5 Å². The van der Waals surface area contributed by atoms with Crippen LogP contribution in [0.15, 0.2) is 34.7 Å². The van der Waals surface area contributed by atoms with Gasteiger partial charge in [0.2, 0.25) is 29.3 Å². The number of hydrogen-bond donors (Lipinski definition) is 1. The fourth-order valence-corrected chi connectivity index (χ4v) is 4.99. The van der Waals surface area contributed by atoms with E-state index in [4.69, 9.17) is 9.15 Å². The van der Waals surface area contributed by atoms with Crippen molar-refractivity contribution in [2.45, 2.75) is 25.8 Å². The number of amides is 2. The Bertz CT molecular complexity index is 1650. The van der Waals surface area contributed by atoms with Gasteiger partial charge in [-0.15, -0.1) is 21.5 Å². The van der Waals surface area contributed by atoms with Gasteiger partial charge in [-0.2, -0.15) is 0 Å². The molecule has 0 bridgehead atoms. The molecule has 11 nitrogen and oxygen atoms in total. The molecule has 2 heterocycles. The number of nitrogens with zero attached hydrogens (tertiary/aromatic N) is 4. The second-order valence-corrected chi connectivity index (χ2v) is 10.2. The van der Waals surface area contributed by atoms with Gasteiger partial charge in [-0.1, -0.05) is 6.07 Å². The standard InChI is InChI=1S/C27H25F2N5O6S/c1-13-32-33-22(40-13)12-30-25(37)23(24(36)20(35)7-8-39-4)26-31-19-11-18(29)16(10-21(19)41-26)14-5-6-15(17(28)9-14)27(38)34(2)3/h5-6,9-11,23H,7-8,12H2,1-4H3,(H,30,37). The Balaban J connectivity index is 1.69. The van der Waals surface area contributed by atoms with E-state index in [1.54, 1.807) is 6.92 Å². The van der Waals surface area contributed by atoms with Crippen LogP contribution in [0, 0.1) is 18.6 Å². The second-order valence-electron chi connectivity index (χ2n) is 9.14. The third-order valence-electron chi connectivity index (χ3n) is 5.97. The van der Waals surface area contributed by atoms with E-state index in [1.165, 1.54) is 44.3 Å². The van der Waals surface area contributed by atoms with Crippen LogP contribution in [0.4, 0.5) is 8.78 Å². The Labute approximate surface area is 236 Å². The molecule has 214 valence electrons. The molecule has 2 aromatic heterocycles. The zero-order valence-electron chi connectivity index (χ0n) is 22.5. The first-order chi connectivity index (χ1) is 19.5. The SMILES string of the molecule is COCCC(=O)C(=O)C(C(=O)NCc1nnc(C)o1)c1nc2cc(F)c(-c3ccc(C(=O)N(C)C)c(F)c3)cc2s1. The lowest BCUT2D eigenvalue weighted by atomic mass is 9.98. The summed E-state index contributed by atoms with van der Waals surface area (Å²) in [5.74, 6) is -6.04. The van der Waals surface area contributed by atoms with E-state index in [-0.39, 0.29) is 58.6 Å². The molecule has 0 fully saturated rings. The molecule has 1 unspecified atom stereocenters. The van der Waals surface area contributed by atoms with Crippen molar-refractivity contribution in [1.82, 2.24) is 25.4 Å². The Hall–Kier alpha value is -4.43. The van der Waals surface area contributed by atoms with Crippen molar-refractivity contribution in [2.75, 3.05) is 27.8 Å². The number of benzene rings is 2. The number of aryl methyl sites for hydroxylation is 1. The Kier molecular flexibility index (Phi) is 8.93. The number of nitrogens with one attached hydrogen (secondary N) is 1. The van der Waals surface area contributed by atoms with E-state index in [1.807, 2.05) is 0 Å². The first-order valence-corrected chi connectivity index (χ1v) is 13.1. The average molecular weight is 586 g/mol. The summed E-state index contributed by atoms with van der Waals surface area (Å²) in [6.45, 7) is 1.35. The number of Topliss-reactive ketones (excluding diaryl/α,β-unsaturated/α-hetero) is 2. The summed E-state index contributed by atoms with van der Waals surface area (Å²) >= 11 is 0.914. The quantitative estimate of drug-likeness (QED) is 0.207. The number of ketones is 2. The van der Waals surface area contributed by atoms with Crippen molar-refractivity contribution in [3.63, 3.8) is 0 Å². The minimum atomic E-state index is -1.62. The molecule has 14 heteroatoms. The van der Waals surface area contributed by atoms with Crippen molar-refractivity contribution >= 4 is 44.9 Å². The highest BCUT2D eigenvalue weighted by molar-refractivity contribution is 7.19. The molecule has 0 aliphatic heterocycles. The normalized spacial score (nSPS) is 11.9. The van der Waals surface area contributed by atoms with Crippen LogP contribution in [0.3, 0.4) is 0 Å². The summed E-state index contributed by atoms with van der Waals surface area (Å²) in [4.78, 5) is 56.5. The van der Waals surface area contributed by atoms with Gasteiger partial charge < -0.3 is 19.4 Å². The van der Waals surface area contributed by atoms with Gasteiger partial charge in [0, 0.05) is 46.2 Å². The van der Waals surface area contributed by atoms with Crippen LogP contribution >= 0.6 is 11.3 Å². The second kappa shape index (κ2) is 12.4. The molecular formula is C27H25F2N5O6S. The average Bonchev–Trinajstić information content (AvgIpc) is 3.54. The summed E-state index contributed by atoms with van der Waals surface area (Å²) in [6.07, 6.45) is -0.247. The van der Waals surface area contributed by atoms with Crippen molar-refractivity contribution in [3.05, 3.63) is 64.3 Å². The molecule has 0 aliphatic rings. The number of hydrogen-bond acceptors (Lipinski definition) is 10. The lowest BCUT2D eigenvalue weighted by Gasteiger charge is -2.12. The van der Waals surface area contributed by atoms with Gasteiger partial charge in [0.1, 0.15) is 16.6 Å². The van der Waals surface area contributed by atoms with Crippen LogP contribution in [-0.4, -0.2) is 71.3 Å². The number of methoxy groups -OCH3 is 1. The van der Waals surface area contributed by atoms with E-state index in [2.05, 4.69) is 20.5 Å². The molecule has 0 aliphatic carbocycles. The highest BCUT2D eigenvalue weighted by Gasteiger charge is 2.35. The first kappa shape index (κ1) is 29.6. The summed E-state index contributed by atoms with van der Waals surface area (Å²) in [7, 11) is 4.34. The third-order valence-corrected chi connectivity index (χ3v) is 7.05. The fourth-order valence-electron chi connectivity index (χ4n) is 3.90. The zero-order valence-corrected chi connectivity index (χ0v) is 23.3. The molecule has 4 rings (SSSR count). The van der Waals surface area contributed by atoms with Gasteiger partial charge in [0.05, 0.1) is 28.9 Å². The fraction of sp³-hybridized carbons (Fsp3) is 0.296. The van der Waals surface area contributed by atoms with Crippen molar-refractivity contribution in [1.29, 1.82) is 0 Å². The largest absolute Gasteiger partial charge is 0.424 e. The Morgan fingerprint density at radius 1 is 1.10 bits per heavy atom.